The van der Waals surface area contributed by atoms with Gasteiger partial charge in [-0.2, -0.15) is 0 Å². The average molecular weight is 228 g/mol. The molecule has 0 amide bonds. The van der Waals surface area contributed by atoms with Crippen LogP contribution in [0.1, 0.15) is 32.1 Å². The zero-order valence-electron chi connectivity index (χ0n) is 7.95. The van der Waals surface area contributed by atoms with E-state index >= 15 is 0 Å². The fourth-order valence-corrected chi connectivity index (χ4v) is 3.26. The lowest BCUT2D eigenvalue weighted by Gasteiger charge is -2.34. The molecular formula is C8H18ClNO2S. The minimum absolute atomic E-state index is 0. The lowest BCUT2D eigenvalue weighted by Crippen LogP contribution is -2.46. The summed E-state index contributed by atoms with van der Waals surface area (Å²) in [4.78, 5) is 0. The Morgan fingerprint density at radius 3 is 1.92 bits per heavy atom. The van der Waals surface area contributed by atoms with Crippen molar-refractivity contribution in [3.05, 3.63) is 0 Å². The largest absolute Gasteiger partial charge is 0.329 e. The standard InChI is InChI=1S/C8H17NO2S.ClH/c1-12(10,11)8(7-9)5-3-2-4-6-8;/h2-7,9H2,1H3;1H. The van der Waals surface area contributed by atoms with Gasteiger partial charge in [-0.25, -0.2) is 8.42 Å². The third-order valence-corrected chi connectivity index (χ3v) is 5.07. The van der Waals surface area contributed by atoms with Gasteiger partial charge in [0.1, 0.15) is 0 Å². The highest BCUT2D eigenvalue weighted by Crippen LogP contribution is 2.33. The number of nitrogens with two attached hydrogens (primary N) is 1. The second-order valence-electron chi connectivity index (χ2n) is 3.72. The Hall–Kier alpha value is 0.200. The van der Waals surface area contributed by atoms with Crippen molar-refractivity contribution < 1.29 is 8.42 Å². The zero-order valence-corrected chi connectivity index (χ0v) is 9.59. The molecule has 3 nitrogen and oxygen atoms in total. The van der Waals surface area contributed by atoms with Crippen molar-refractivity contribution in [2.75, 3.05) is 12.8 Å². The van der Waals surface area contributed by atoms with E-state index in [1.54, 1.807) is 0 Å². The second-order valence-corrected chi connectivity index (χ2v) is 6.13. The van der Waals surface area contributed by atoms with Gasteiger partial charge in [-0.3, -0.25) is 0 Å². The summed E-state index contributed by atoms with van der Waals surface area (Å²) in [5, 5.41) is 0. The van der Waals surface area contributed by atoms with Crippen LogP contribution in [0, 0.1) is 0 Å². The van der Waals surface area contributed by atoms with Gasteiger partial charge in [0.15, 0.2) is 9.84 Å². The summed E-state index contributed by atoms with van der Waals surface area (Å²) in [6.07, 6.45) is 5.97. The summed E-state index contributed by atoms with van der Waals surface area (Å²) >= 11 is 0. The van der Waals surface area contributed by atoms with Crippen molar-refractivity contribution in [1.82, 2.24) is 0 Å². The highest BCUT2D eigenvalue weighted by Gasteiger charge is 2.40. The summed E-state index contributed by atoms with van der Waals surface area (Å²) < 4.78 is 22.3. The van der Waals surface area contributed by atoms with Crippen LogP contribution in [-0.2, 0) is 9.84 Å². The van der Waals surface area contributed by atoms with Crippen LogP contribution in [0.4, 0.5) is 0 Å². The molecule has 0 radical (unpaired) electrons. The predicted octanol–water partition coefficient (Wildman–Crippen LogP) is 1.11. The first-order valence-electron chi connectivity index (χ1n) is 4.41. The van der Waals surface area contributed by atoms with Crippen LogP contribution < -0.4 is 5.73 Å². The van der Waals surface area contributed by atoms with Crippen molar-refractivity contribution >= 4 is 22.2 Å². The Bertz CT molecular complexity index is 245. The van der Waals surface area contributed by atoms with Crippen LogP contribution in [0.3, 0.4) is 0 Å². The highest BCUT2D eigenvalue weighted by atomic mass is 35.5. The number of rotatable bonds is 2. The summed E-state index contributed by atoms with van der Waals surface area (Å²) in [6, 6.07) is 0. The molecule has 0 aromatic rings. The normalized spacial score (nSPS) is 22.0. The fraction of sp³-hybridized carbons (Fsp3) is 1.00. The van der Waals surface area contributed by atoms with Crippen LogP contribution in [0.2, 0.25) is 0 Å². The van der Waals surface area contributed by atoms with Gasteiger partial charge >= 0.3 is 0 Å². The summed E-state index contributed by atoms with van der Waals surface area (Å²) in [6.45, 7) is 0.284. The van der Waals surface area contributed by atoms with E-state index in [0.717, 1.165) is 32.1 Å². The van der Waals surface area contributed by atoms with Gasteiger partial charge in [-0.05, 0) is 12.8 Å². The first kappa shape index (κ1) is 13.2. The van der Waals surface area contributed by atoms with Gasteiger partial charge < -0.3 is 5.73 Å². The molecule has 13 heavy (non-hydrogen) atoms. The highest BCUT2D eigenvalue weighted by molar-refractivity contribution is 7.92. The number of sulfone groups is 1. The van der Waals surface area contributed by atoms with Crippen LogP contribution in [0.25, 0.3) is 0 Å². The Kier molecular flexibility index (Phi) is 4.69. The molecule has 1 saturated carbocycles. The van der Waals surface area contributed by atoms with Crippen LogP contribution in [0.5, 0.6) is 0 Å². The van der Waals surface area contributed by atoms with Gasteiger partial charge in [-0.15, -0.1) is 12.4 Å². The average Bonchev–Trinajstić information content (AvgIpc) is 2.04. The Balaban J connectivity index is 0.00000144. The second kappa shape index (κ2) is 4.62. The predicted molar refractivity (Wildman–Crippen MR) is 57.0 cm³/mol. The molecule has 0 spiro atoms. The van der Waals surface area contributed by atoms with Crippen LogP contribution >= 0.6 is 12.4 Å². The number of halogens is 1. The molecule has 0 unspecified atom stereocenters. The molecule has 0 aromatic carbocycles. The first-order chi connectivity index (χ1) is 5.52. The Morgan fingerprint density at radius 1 is 1.23 bits per heavy atom. The van der Waals surface area contributed by atoms with Crippen molar-refractivity contribution in [3.8, 4) is 0 Å². The third-order valence-electron chi connectivity index (χ3n) is 2.92. The van der Waals surface area contributed by atoms with Crippen LogP contribution in [-0.4, -0.2) is 26.0 Å². The van der Waals surface area contributed by atoms with Gasteiger partial charge in [-0.1, -0.05) is 19.3 Å². The van der Waals surface area contributed by atoms with Gasteiger partial charge in [0, 0.05) is 12.8 Å². The summed E-state index contributed by atoms with van der Waals surface area (Å²) in [7, 11) is -2.96. The van der Waals surface area contributed by atoms with Gasteiger partial charge in [0.25, 0.3) is 0 Å². The van der Waals surface area contributed by atoms with E-state index in [1.165, 1.54) is 6.26 Å². The van der Waals surface area contributed by atoms with Crippen LogP contribution in [0.15, 0.2) is 0 Å². The molecule has 0 aliphatic heterocycles. The lowest BCUT2D eigenvalue weighted by atomic mass is 9.88. The maximum atomic E-state index is 11.5. The van der Waals surface area contributed by atoms with Crippen molar-refractivity contribution in [2.45, 2.75) is 36.9 Å². The molecule has 0 heterocycles. The van der Waals surface area contributed by atoms with E-state index in [0.29, 0.717) is 0 Å². The van der Waals surface area contributed by atoms with E-state index in [2.05, 4.69) is 0 Å². The maximum absolute atomic E-state index is 11.5. The van der Waals surface area contributed by atoms with Gasteiger partial charge in [0.05, 0.1) is 4.75 Å². The zero-order chi connectivity index (χ0) is 9.24. The quantitative estimate of drug-likeness (QED) is 0.769. The van der Waals surface area contributed by atoms with Crippen molar-refractivity contribution in [2.24, 2.45) is 5.73 Å². The molecular weight excluding hydrogens is 210 g/mol. The SMILES string of the molecule is CS(=O)(=O)C1(CN)CCCCC1.Cl. The molecule has 0 aromatic heterocycles. The summed E-state index contributed by atoms with van der Waals surface area (Å²) in [5.74, 6) is 0. The maximum Gasteiger partial charge on any atom is 0.154 e. The smallest absolute Gasteiger partial charge is 0.154 e. The van der Waals surface area contributed by atoms with E-state index < -0.39 is 14.6 Å². The molecule has 0 saturated heterocycles. The lowest BCUT2D eigenvalue weighted by molar-refractivity contribution is 0.380. The molecule has 0 atom stereocenters. The van der Waals surface area contributed by atoms with E-state index in [9.17, 15) is 8.42 Å². The van der Waals surface area contributed by atoms with Crippen molar-refractivity contribution in [3.63, 3.8) is 0 Å². The van der Waals surface area contributed by atoms with Crippen molar-refractivity contribution in [1.29, 1.82) is 0 Å². The minimum Gasteiger partial charge on any atom is -0.329 e. The number of hydrogen-bond donors (Lipinski definition) is 1. The molecule has 2 N–H and O–H groups in total. The van der Waals surface area contributed by atoms with Gasteiger partial charge in [0.2, 0.25) is 0 Å². The minimum atomic E-state index is -2.96. The van der Waals surface area contributed by atoms with E-state index in [1.807, 2.05) is 0 Å². The topological polar surface area (TPSA) is 60.2 Å². The summed E-state index contributed by atoms with van der Waals surface area (Å²) in [5.41, 5.74) is 5.55. The fourth-order valence-electron chi connectivity index (χ4n) is 1.92. The molecule has 1 fully saturated rings. The number of hydrogen-bond acceptors (Lipinski definition) is 3. The molecule has 1 aliphatic carbocycles. The Morgan fingerprint density at radius 2 is 1.69 bits per heavy atom. The molecule has 80 valence electrons. The molecule has 1 aliphatic rings. The first-order valence-corrected chi connectivity index (χ1v) is 6.31. The molecule has 1 rings (SSSR count). The molecule has 0 bridgehead atoms. The van der Waals surface area contributed by atoms with E-state index in [4.69, 9.17) is 5.73 Å². The third kappa shape index (κ3) is 2.58. The monoisotopic (exact) mass is 227 g/mol. The Labute approximate surface area is 86.4 Å². The van der Waals surface area contributed by atoms with E-state index in [-0.39, 0.29) is 19.0 Å². The molecule has 5 heteroatoms.